The van der Waals surface area contributed by atoms with Gasteiger partial charge < -0.3 is 19.5 Å². The van der Waals surface area contributed by atoms with Crippen molar-refractivity contribution in [2.45, 2.75) is 18.6 Å². The topological polar surface area (TPSA) is 120 Å². The normalized spacial score (nSPS) is 14.7. The summed E-state index contributed by atoms with van der Waals surface area (Å²) in [4.78, 5) is 49.9. The van der Waals surface area contributed by atoms with Crippen molar-refractivity contribution < 1.29 is 33.4 Å². The van der Waals surface area contributed by atoms with Crippen molar-refractivity contribution in [1.82, 2.24) is 10.6 Å². The maximum absolute atomic E-state index is 12.8. The molecule has 3 aromatic carbocycles. The van der Waals surface area contributed by atoms with Gasteiger partial charge in [0.2, 0.25) is 6.10 Å². The summed E-state index contributed by atoms with van der Waals surface area (Å²) < 4.78 is 16.1. The van der Waals surface area contributed by atoms with Crippen LogP contribution in [0.15, 0.2) is 78.9 Å². The number of ether oxygens (including phenoxy) is 3. The van der Waals surface area contributed by atoms with Crippen LogP contribution in [0.1, 0.15) is 28.4 Å². The molecule has 0 unspecified atom stereocenters. The Bertz CT molecular complexity index is 1300. The third-order valence-electron chi connectivity index (χ3n) is 5.42. The van der Waals surface area contributed by atoms with Gasteiger partial charge in [-0.25, -0.2) is 0 Å². The molecule has 1 aliphatic rings. The Labute approximate surface area is 217 Å². The van der Waals surface area contributed by atoms with Crippen molar-refractivity contribution in [3.8, 4) is 11.5 Å². The SMILES string of the molecule is O=C(COC(=O)C[C@@H](NC(=O)c1ccccc1Cl)c1ccccc1)NC(=O)[C@H]1COc2ccccc2O1. The zero-order valence-electron chi connectivity index (χ0n) is 19.5. The van der Waals surface area contributed by atoms with E-state index < -0.39 is 42.4 Å². The first-order valence-corrected chi connectivity index (χ1v) is 11.8. The lowest BCUT2D eigenvalue weighted by atomic mass is 10.0. The molecule has 0 aliphatic carbocycles. The van der Waals surface area contributed by atoms with Crippen molar-refractivity contribution in [2.24, 2.45) is 0 Å². The van der Waals surface area contributed by atoms with Crippen molar-refractivity contribution >= 4 is 35.3 Å². The second-order valence-electron chi connectivity index (χ2n) is 8.06. The number of carbonyl (C=O) groups is 4. The summed E-state index contributed by atoms with van der Waals surface area (Å²) in [5, 5.41) is 5.19. The monoisotopic (exact) mass is 522 g/mol. The van der Waals surface area contributed by atoms with Gasteiger partial charge in [0.05, 0.1) is 23.0 Å². The van der Waals surface area contributed by atoms with E-state index >= 15 is 0 Å². The quantitative estimate of drug-likeness (QED) is 0.436. The molecular weight excluding hydrogens is 500 g/mol. The van der Waals surface area contributed by atoms with E-state index in [9.17, 15) is 19.2 Å². The second kappa shape index (κ2) is 12.0. The number of benzene rings is 3. The minimum Gasteiger partial charge on any atom is -0.485 e. The van der Waals surface area contributed by atoms with E-state index in [0.717, 1.165) is 0 Å². The van der Waals surface area contributed by atoms with E-state index in [1.165, 1.54) is 0 Å². The molecule has 10 heteroatoms. The zero-order valence-corrected chi connectivity index (χ0v) is 20.3. The van der Waals surface area contributed by atoms with Gasteiger partial charge in [0, 0.05) is 0 Å². The molecular formula is C27H23ClN2O7. The predicted octanol–water partition coefficient (Wildman–Crippen LogP) is 3.23. The van der Waals surface area contributed by atoms with Gasteiger partial charge in [0.1, 0.15) is 6.61 Å². The smallest absolute Gasteiger partial charge is 0.308 e. The lowest BCUT2D eigenvalue weighted by Crippen LogP contribution is -2.47. The molecule has 0 aromatic heterocycles. The predicted molar refractivity (Wildman–Crippen MR) is 133 cm³/mol. The Morgan fingerprint density at radius 1 is 0.919 bits per heavy atom. The fourth-order valence-electron chi connectivity index (χ4n) is 3.59. The third-order valence-corrected chi connectivity index (χ3v) is 5.75. The fraction of sp³-hybridized carbons (Fsp3) is 0.185. The summed E-state index contributed by atoms with van der Waals surface area (Å²) in [5.74, 6) is -1.86. The summed E-state index contributed by atoms with van der Waals surface area (Å²) in [7, 11) is 0. The van der Waals surface area contributed by atoms with Crippen LogP contribution in [0.5, 0.6) is 11.5 Å². The summed E-state index contributed by atoms with van der Waals surface area (Å²) >= 11 is 6.12. The van der Waals surface area contributed by atoms with Gasteiger partial charge in [-0.05, 0) is 29.8 Å². The van der Waals surface area contributed by atoms with Crippen molar-refractivity contribution in [2.75, 3.05) is 13.2 Å². The number of fused-ring (bicyclic) bond motifs is 1. The standard InChI is InChI=1S/C27H23ClN2O7/c28-19-11-5-4-10-18(19)26(33)29-20(17-8-2-1-3-9-17)14-25(32)36-16-24(31)30-27(34)23-15-35-21-12-6-7-13-22(21)37-23/h1-13,20,23H,14-16H2,(H,29,33)(H,30,31,34)/t20-,23-/m1/s1. The van der Waals surface area contributed by atoms with E-state index in [4.69, 9.17) is 25.8 Å². The molecule has 190 valence electrons. The van der Waals surface area contributed by atoms with Crippen molar-refractivity contribution in [3.63, 3.8) is 0 Å². The minimum absolute atomic E-state index is 0.0696. The Balaban J connectivity index is 1.31. The largest absolute Gasteiger partial charge is 0.485 e. The zero-order chi connectivity index (χ0) is 26.2. The molecule has 3 aromatic rings. The number of esters is 1. The van der Waals surface area contributed by atoms with Crippen LogP contribution < -0.4 is 20.1 Å². The Morgan fingerprint density at radius 2 is 1.59 bits per heavy atom. The van der Waals surface area contributed by atoms with Gasteiger partial charge >= 0.3 is 5.97 Å². The molecule has 0 radical (unpaired) electrons. The molecule has 4 rings (SSSR count). The fourth-order valence-corrected chi connectivity index (χ4v) is 3.81. The molecule has 0 saturated carbocycles. The average molecular weight is 523 g/mol. The van der Waals surface area contributed by atoms with Gasteiger partial charge in [-0.1, -0.05) is 66.2 Å². The van der Waals surface area contributed by atoms with E-state index in [1.54, 1.807) is 78.9 Å². The van der Waals surface area contributed by atoms with E-state index in [0.29, 0.717) is 17.1 Å². The third kappa shape index (κ3) is 6.86. The van der Waals surface area contributed by atoms with E-state index in [-0.39, 0.29) is 23.6 Å². The lowest BCUT2D eigenvalue weighted by molar-refractivity contribution is -0.150. The highest BCUT2D eigenvalue weighted by Gasteiger charge is 2.29. The molecule has 2 atom stereocenters. The average Bonchev–Trinajstić information content (AvgIpc) is 2.92. The van der Waals surface area contributed by atoms with Gasteiger partial charge in [-0.2, -0.15) is 0 Å². The Morgan fingerprint density at radius 3 is 2.35 bits per heavy atom. The number of rotatable bonds is 8. The highest BCUT2D eigenvalue weighted by Crippen LogP contribution is 2.30. The van der Waals surface area contributed by atoms with E-state index in [2.05, 4.69) is 10.6 Å². The van der Waals surface area contributed by atoms with Gasteiger partial charge in [0.15, 0.2) is 18.1 Å². The molecule has 2 N–H and O–H groups in total. The van der Waals surface area contributed by atoms with Crippen LogP contribution in [0.2, 0.25) is 5.02 Å². The second-order valence-corrected chi connectivity index (χ2v) is 8.47. The summed E-state index contributed by atoms with van der Waals surface area (Å²) in [6.45, 7) is -0.755. The van der Waals surface area contributed by atoms with Crippen LogP contribution in [-0.2, 0) is 19.1 Å². The number of hydrogen-bond donors (Lipinski definition) is 2. The summed E-state index contributed by atoms with van der Waals surface area (Å²) in [6.07, 6.45) is -1.28. The first-order chi connectivity index (χ1) is 17.9. The molecule has 9 nitrogen and oxygen atoms in total. The first-order valence-electron chi connectivity index (χ1n) is 11.4. The van der Waals surface area contributed by atoms with Gasteiger partial charge in [0.25, 0.3) is 17.7 Å². The number of hydrogen-bond acceptors (Lipinski definition) is 7. The number of imide groups is 1. The molecule has 37 heavy (non-hydrogen) atoms. The number of amides is 3. The molecule has 0 bridgehead atoms. The highest BCUT2D eigenvalue weighted by atomic mass is 35.5. The van der Waals surface area contributed by atoms with Gasteiger partial charge in [-0.3, -0.25) is 24.5 Å². The van der Waals surface area contributed by atoms with Crippen molar-refractivity contribution in [3.05, 3.63) is 95.0 Å². The van der Waals surface area contributed by atoms with Crippen molar-refractivity contribution in [1.29, 1.82) is 0 Å². The van der Waals surface area contributed by atoms with Crippen LogP contribution in [0.3, 0.4) is 0 Å². The van der Waals surface area contributed by atoms with Crippen LogP contribution in [0, 0.1) is 0 Å². The van der Waals surface area contributed by atoms with Crippen LogP contribution in [-0.4, -0.2) is 43.0 Å². The Kier molecular flexibility index (Phi) is 8.37. The molecule has 1 heterocycles. The number of halogens is 1. The minimum atomic E-state index is -1.03. The maximum Gasteiger partial charge on any atom is 0.308 e. The maximum atomic E-state index is 12.8. The van der Waals surface area contributed by atoms with E-state index in [1.807, 2.05) is 0 Å². The lowest BCUT2D eigenvalue weighted by Gasteiger charge is -2.25. The summed E-state index contributed by atoms with van der Waals surface area (Å²) in [5.41, 5.74) is 0.919. The molecule has 0 saturated heterocycles. The highest BCUT2D eigenvalue weighted by molar-refractivity contribution is 6.33. The number of carbonyl (C=O) groups excluding carboxylic acids is 4. The number of para-hydroxylation sites is 2. The Hall–Kier alpha value is -4.37. The van der Waals surface area contributed by atoms with Gasteiger partial charge in [-0.15, -0.1) is 0 Å². The van der Waals surface area contributed by atoms with Crippen LogP contribution in [0.4, 0.5) is 0 Å². The molecule has 0 spiro atoms. The molecule has 1 aliphatic heterocycles. The summed E-state index contributed by atoms with van der Waals surface area (Å²) in [6, 6.07) is 21.5. The molecule has 3 amide bonds. The molecule has 0 fully saturated rings. The number of nitrogens with one attached hydrogen (secondary N) is 2. The van der Waals surface area contributed by atoms with Crippen LogP contribution in [0.25, 0.3) is 0 Å². The first kappa shape index (κ1) is 25.7. The van der Waals surface area contributed by atoms with Crippen LogP contribution >= 0.6 is 11.6 Å².